The van der Waals surface area contributed by atoms with Crippen LogP contribution in [0, 0.1) is 22.7 Å². The molecule has 1 N–H and O–H groups in total. The van der Waals surface area contributed by atoms with Crippen molar-refractivity contribution >= 4 is 11.6 Å². The zero-order valence-corrected chi connectivity index (χ0v) is 13.4. The first kappa shape index (κ1) is 16.8. The van der Waals surface area contributed by atoms with E-state index in [0.29, 0.717) is 39.6 Å². The lowest BCUT2D eigenvalue weighted by atomic mass is 10.0. The first-order valence-electron chi connectivity index (χ1n) is 7.17. The van der Waals surface area contributed by atoms with E-state index >= 15 is 0 Å². The predicted octanol–water partition coefficient (Wildman–Crippen LogP) is 4.32. The van der Waals surface area contributed by atoms with Gasteiger partial charge in [0, 0.05) is 6.07 Å². The summed E-state index contributed by atoms with van der Waals surface area (Å²) in [4.78, 5) is 0. The lowest BCUT2D eigenvalue weighted by Crippen LogP contribution is -1.95. The zero-order valence-electron chi connectivity index (χ0n) is 12.6. The van der Waals surface area contributed by atoms with E-state index < -0.39 is 0 Å². The maximum absolute atomic E-state index is 9.21. The second kappa shape index (κ2) is 7.65. The Hall–Kier alpha value is -2.53. The lowest BCUT2D eigenvalue weighted by Gasteiger charge is -2.12. The first-order valence-corrected chi connectivity index (χ1v) is 7.55. The summed E-state index contributed by atoms with van der Waals surface area (Å²) in [6.45, 7) is 1.88. The molecule has 0 amide bonds. The summed E-state index contributed by atoms with van der Waals surface area (Å²) in [7, 11) is 0. The highest BCUT2D eigenvalue weighted by atomic mass is 35.5. The van der Waals surface area contributed by atoms with E-state index in [-0.39, 0.29) is 6.61 Å². The van der Waals surface area contributed by atoms with Gasteiger partial charge in [0.15, 0.2) is 0 Å². The molecule has 0 fully saturated rings. The van der Waals surface area contributed by atoms with Gasteiger partial charge in [-0.05, 0) is 35.7 Å². The van der Waals surface area contributed by atoms with E-state index in [1.165, 1.54) is 0 Å². The van der Waals surface area contributed by atoms with Crippen molar-refractivity contribution in [3.8, 4) is 23.6 Å². The third-order valence-corrected chi connectivity index (χ3v) is 3.65. The molecule has 5 heteroatoms. The van der Waals surface area contributed by atoms with Crippen LogP contribution in [-0.2, 0) is 13.0 Å². The number of benzene rings is 2. The van der Waals surface area contributed by atoms with Gasteiger partial charge in [0.2, 0.25) is 0 Å². The second-order valence-corrected chi connectivity index (χ2v) is 5.41. The van der Waals surface area contributed by atoms with Crippen LogP contribution in [0.4, 0.5) is 0 Å². The van der Waals surface area contributed by atoms with E-state index in [1.807, 2.05) is 13.0 Å². The van der Waals surface area contributed by atoms with Crippen molar-refractivity contribution < 1.29 is 9.84 Å². The number of ether oxygens (including phenoxy) is 1. The summed E-state index contributed by atoms with van der Waals surface area (Å²) < 4.78 is 5.77. The molecule has 2 aromatic carbocycles. The summed E-state index contributed by atoms with van der Waals surface area (Å²) in [5, 5.41) is 27.9. The highest BCUT2D eigenvalue weighted by molar-refractivity contribution is 6.32. The average molecular weight is 327 g/mol. The lowest BCUT2D eigenvalue weighted by molar-refractivity contribution is 0.281. The van der Waals surface area contributed by atoms with Crippen molar-refractivity contribution in [1.82, 2.24) is 0 Å². The van der Waals surface area contributed by atoms with Crippen molar-refractivity contribution in [2.75, 3.05) is 0 Å². The van der Waals surface area contributed by atoms with E-state index in [9.17, 15) is 10.5 Å². The van der Waals surface area contributed by atoms with Crippen LogP contribution in [0.3, 0.4) is 0 Å². The summed E-state index contributed by atoms with van der Waals surface area (Å²) in [6, 6.07) is 12.4. The van der Waals surface area contributed by atoms with Gasteiger partial charge in [0.1, 0.15) is 23.6 Å². The number of hydrogen-bond acceptors (Lipinski definition) is 4. The Labute approximate surface area is 140 Å². The fraction of sp³-hybridized carbons (Fsp3) is 0.222. The molecule has 0 aliphatic heterocycles. The Morgan fingerprint density at radius 2 is 1.96 bits per heavy atom. The van der Waals surface area contributed by atoms with Gasteiger partial charge in [0.25, 0.3) is 0 Å². The normalized spacial score (nSPS) is 9.96. The van der Waals surface area contributed by atoms with E-state index in [2.05, 4.69) is 6.07 Å². The molecule has 116 valence electrons. The van der Waals surface area contributed by atoms with Gasteiger partial charge in [-0.15, -0.1) is 0 Å². The molecule has 0 radical (unpaired) electrons. The van der Waals surface area contributed by atoms with Crippen LogP contribution in [0.15, 0.2) is 30.3 Å². The van der Waals surface area contributed by atoms with Crippen molar-refractivity contribution in [2.45, 2.75) is 26.4 Å². The highest BCUT2D eigenvalue weighted by Gasteiger charge is 2.12. The molecule has 23 heavy (non-hydrogen) atoms. The van der Waals surface area contributed by atoms with Crippen LogP contribution < -0.4 is 4.74 Å². The van der Waals surface area contributed by atoms with Crippen LogP contribution in [0.5, 0.6) is 11.5 Å². The van der Waals surface area contributed by atoms with E-state index in [4.69, 9.17) is 21.4 Å². The SMILES string of the molecule is CCCc1cc(Oc2ccc(CO)cc2C#N)cc(Cl)c1C#N. The van der Waals surface area contributed by atoms with Crippen LogP contribution >= 0.6 is 11.6 Å². The molecular formula is C18H15ClN2O2. The van der Waals surface area contributed by atoms with Crippen molar-refractivity contribution in [2.24, 2.45) is 0 Å². The minimum Gasteiger partial charge on any atom is -0.456 e. The standard InChI is InChI=1S/C18H15ClN2O2/c1-2-3-13-7-15(8-17(19)16(13)10-21)23-18-5-4-12(11-22)6-14(18)9-20/h4-8,22H,2-3,11H2,1H3. The van der Waals surface area contributed by atoms with E-state index in [0.717, 1.165) is 12.0 Å². The van der Waals surface area contributed by atoms with Crippen LogP contribution in [0.2, 0.25) is 5.02 Å². The maximum Gasteiger partial charge on any atom is 0.145 e. The van der Waals surface area contributed by atoms with Crippen LogP contribution in [0.1, 0.15) is 35.6 Å². The molecule has 0 aromatic heterocycles. The Bertz CT molecular complexity index is 804. The minimum absolute atomic E-state index is 0.141. The summed E-state index contributed by atoms with van der Waals surface area (Å²) in [5.74, 6) is 0.860. The monoisotopic (exact) mass is 326 g/mol. The smallest absolute Gasteiger partial charge is 0.145 e. The fourth-order valence-corrected chi connectivity index (χ4v) is 2.54. The van der Waals surface area contributed by atoms with Crippen molar-refractivity contribution in [1.29, 1.82) is 10.5 Å². The average Bonchev–Trinajstić information content (AvgIpc) is 2.55. The molecule has 0 saturated heterocycles. The second-order valence-electron chi connectivity index (χ2n) is 5.00. The largest absolute Gasteiger partial charge is 0.456 e. The van der Waals surface area contributed by atoms with Gasteiger partial charge in [-0.2, -0.15) is 10.5 Å². The molecule has 4 nitrogen and oxygen atoms in total. The topological polar surface area (TPSA) is 77.0 Å². The van der Waals surface area contributed by atoms with Gasteiger partial charge in [-0.3, -0.25) is 0 Å². The summed E-state index contributed by atoms with van der Waals surface area (Å²) >= 11 is 6.16. The molecule has 2 aromatic rings. The number of rotatable bonds is 5. The van der Waals surface area contributed by atoms with Gasteiger partial charge in [-0.25, -0.2) is 0 Å². The third-order valence-electron chi connectivity index (χ3n) is 3.35. The number of nitrogens with zero attached hydrogens (tertiary/aromatic N) is 2. The molecule has 0 aliphatic carbocycles. The molecule has 0 heterocycles. The number of halogens is 1. The van der Waals surface area contributed by atoms with Gasteiger partial charge >= 0.3 is 0 Å². The molecule has 0 atom stereocenters. The maximum atomic E-state index is 9.21. The molecule has 0 unspecified atom stereocenters. The number of hydrogen-bond donors (Lipinski definition) is 1. The fourth-order valence-electron chi connectivity index (χ4n) is 2.27. The Kier molecular flexibility index (Phi) is 5.60. The minimum atomic E-state index is -0.141. The zero-order chi connectivity index (χ0) is 16.8. The third kappa shape index (κ3) is 3.81. The van der Waals surface area contributed by atoms with Crippen molar-refractivity contribution in [3.63, 3.8) is 0 Å². The quantitative estimate of drug-likeness (QED) is 0.887. The molecule has 0 bridgehead atoms. The van der Waals surface area contributed by atoms with Gasteiger partial charge in [-0.1, -0.05) is 31.0 Å². The van der Waals surface area contributed by atoms with Gasteiger partial charge in [0.05, 0.1) is 22.8 Å². The summed E-state index contributed by atoms with van der Waals surface area (Å²) in [6.07, 6.45) is 1.59. The molecule has 2 rings (SSSR count). The molecular weight excluding hydrogens is 312 g/mol. The predicted molar refractivity (Wildman–Crippen MR) is 87.3 cm³/mol. The number of aryl methyl sites for hydroxylation is 1. The Morgan fingerprint density at radius 3 is 2.57 bits per heavy atom. The number of nitriles is 2. The van der Waals surface area contributed by atoms with Crippen molar-refractivity contribution in [3.05, 3.63) is 57.6 Å². The van der Waals surface area contributed by atoms with Crippen LogP contribution in [0.25, 0.3) is 0 Å². The van der Waals surface area contributed by atoms with Gasteiger partial charge < -0.3 is 9.84 Å². The molecule has 0 saturated carbocycles. The highest BCUT2D eigenvalue weighted by Crippen LogP contribution is 2.32. The Morgan fingerprint density at radius 1 is 1.17 bits per heavy atom. The Balaban J connectivity index is 2.41. The van der Waals surface area contributed by atoms with E-state index in [1.54, 1.807) is 30.3 Å². The number of aliphatic hydroxyl groups excluding tert-OH is 1. The molecule has 0 spiro atoms. The molecule has 0 aliphatic rings. The number of aliphatic hydroxyl groups is 1. The van der Waals surface area contributed by atoms with Crippen LogP contribution in [-0.4, -0.2) is 5.11 Å². The summed E-state index contributed by atoms with van der Waals surface area (Å²) in [5.41, 5.74) is 2.24. The first-order chi connectivity index (χ1) is 11.1.